The van der Waals surface area contributed by atoms with E-state index in [1.807, 2.05) is 55.2 Å². The standard InChI is InChI=1S/C29H35N5O2/c1-5-34-27(14-23-6-8-24(9-7-23)19-33-18-20(2)16-32-33)22(4)13-28(34)36-29(35)31-17-26-11-10-25(15-30)12-21(26)3/h6-13,16,18H,5,14-15,17,19,30H2,1-4H3,(H,31,35). The van der Waals surface area contributed by atoms with E-state index in [4.69, 9.17) is 10.5 Å². The van der Waals surface area contributed by atoms with Gasteiger partial charge in [0.25, 0.3) is 0 Å². The van der Waals surface area contributed by atoms with Gasteiger partial charge < -0.3 is 20.4 Å². The number of nitrogens with one attached hydrogen (secondary N) is 1. The molecule has 36 heavy (non-hydrogen) atoms. The smallest absolute Gasteiger partial charge is 0.393 e. The van der Waals surface area contributed by atoms with Gasteiger partial charge in [0.2, 0.25) is 5.88 Å². The zero-order chi connectivity index (χ0) is 25.7. The highest BCUT2D eigenvalue weighted by Crippen LogP contribution is 2.25. The highest BCUT2D eigenvalue weighted by molar-refractivity contribution is 5.70. The van der Waals surface area contributed by atoms with Crippen LogP contribution in [0.1, 0.15) is 51.6 Å². The summed E-state index contributed by atoms with van der Waals surface area (Å²) in [4.78, 5) is 12.6. The number of nitrogens with zero attached hydrogens (tertiary/aromatic N) is 3. The summed E-state index contributed by atoms with van der Waals surface area (Å²) in [5.41, 5.74) is 14.7. The van der Waals surface area contributed by atoms with Crippen LogP contribution in [0.3, 0.4) is 0 Å². The number of aryl methyl sites for hydroxylation is 3. The number of benzene rings is 2. The van der Waals surface area contributed by atoms with E-state index >= 15 is 0 Å². The van der Waals surface area contributed by atoms with Crippen molar-refractivity contribution in [3.05, 3.63) is 106 Å². The second-order valence-corrected chi connectivity index (χ2v) is 9.27. The number of nitrogens with two attached hydrogens (primary N) is 1. The Balaban J connectivity index is 1.40. The maximum Gasteiger partial charge on any atom is 0.414 e. The summed E-state index contributed by atoms with van der Waals surface area (Å²) in [5.74, 6) is 0.559. The molecule has 0 saturated carbocycles. The molecule has 0 radical (unpaired) electrons. The third-order valence-electron chi connectivity index (χ3n) is 6.47. The molecule has 7 heteroatoms. The van der Waals surface area contributed by atoms with Gasteiger partial charge in [0, 0.05) is 44.0 Å². The number of aromatic nitrogens is 3. The molecule has 0 spiro atoms. The molecule has 0 aliphatic carbocycles. The van der Waals surface area contributed by atoms with Crippen LogP contribution < -0.4 is 15.8 Å². The summed E-state index contributed by atoms with van der Waals surface area (Å²) in [6.45, 7) is 10.5. The Bertz CT molecular complexity index is 1330. The fourth-order valence-corrected chi connectivity index (χ4v) is 4.44. The van der Waals surface area contributed by atoms with Crippen molar-refractivity contribution < 1.29 is 9.53 Å². The summed E-state index contributed by atoms with van der Waals surface area (Å²) in [7, 11) is 0. The topological polar surface area (TPSA) is 87.1 Å². The maximum atomic E-state index is 12.6. The Morgan fingerprint density at radius 3 is 2.36 bits per heavy atom. The second kappa shape index (κ2) is 11.3. The number of ether oxygens (including phenoxy) is 1. The predicted octanol–water partition coefficient (Wildman–Crippen LogP) is 5.02. The Labute approximate surface area is 212 Å². The molecule has 7 nitrogen and oxygen atoms in total. The van der Waals surface area contributed by atoms with Crippen LogP contribution >= 0.6 is 0 Å². The minimum atomic E-state index is -0.464. The lowest BCUT2D eigenvalue weighted by molar-refractivity contribution is 0.196. The van der Waals surface area contributed by atoms with E-state index in [-0.39, 0.29) is 0 Å². The van der Waals surface area contributed by atoms with E-state index < -0.39 is 6.09 Å². The first-order valence-corrected chi connectivity index (χ1v) is 12.4. The van der Waals surface area contributed by atoms with Crippen LogP contribution in [-0.4, -0.2) is 20.4 Å². The lowest BCUT2D eigenvalue weighted by Crippen LogP contribution is -2.27. The number of carbonyl (C=O) groups is 1. The lowest BCUT2D eigenvalue weighted by Gasteiger charge is -2.13. The molecule has 4 aromatic rings. The van der Waals surface area contributed by atoms with Crippen molar-refractivity contribution >= 4 is 6.09 Å². The molecule has 0 aliphatic rings. The second-order valence-electron chi connectivity index (χ2n) is 9.27. The van der Waals surface area contributed by atoms with Gasteiger partial charge in [-0.15, -0.1) is 0 Å². The number of hydrogen-bond acceptors (Lipinski definition) is 4. The number of amides is 1. The summed E-state index contributed by atoms with van der Waals surface area (Å²) in [6.07, 6.45) is 4.21. The molecule has 0 aliphatic heterocycles. The largest absolute Gasteiger partial charge is 0.414 e. The SMILES string of the molecule is CCn1c(OC(=O)NCc2ccc(CN)cc2C)cc(C)c1Cc1ccc(Cn2cc(C)cn2)cc1. The van der Waals surface area contributed by atoms with Gasteiger partial charge in [-0.25, -0.2) is 4.79 Å². The first-order valence-electron chi connectivity index (χ1n) is 12.4. The molecular weight excluding hydrogens is 450 g/mol. The molecule has 0 fully saturated rings. The van der Waals surface area contributed by atoms with Crippen LogP contribution in [0.15, 0.2) is 60.9 Å². The fraction of sp³-hybridized carbons (Fsp3) is 0.310. The van der Waals surface area contributed by atoms with Crippen molar-refractivity contribution in [2.45, 2.75) is 60.3 Å². The third kappa shape index (κ3) is 6.04. The van der Waals surface area contributed by atoms with Gasteiger partial charge >= 0.3 is 6.09 Å². The van der Waals surface area contributed by atoms with Gasteiger partial charge in [0.1, 0.15) is 0 Å². The van der Waals surface area contributed by atoms with Gasteiger partial charge in [-0.3, -0.25) is 4.68 Å². The van der Waals surface area contributed by atoms with Gasteiger partial charge in [-0.05, 0) is 66.6 Å². The minimum Gasteiger partial charge on any atom is -0.393 e. The molecule has 3 N–H and O–H groups in total. The zero-order valence-corrected chi connectivity index (χ0v) is 21.5. The molecule has 0 bridgehead atoms. The van der Waals surface area contributed by atoms with Crippen molar-refractivity contribution in [1.29, 1.82) is 0 Å². The van der Waals surface area contributed by atoms with Crippen LogP contribution in [-0.2, 0) is 32.6 Å². The van der Waals surface area contributed by atoms with E-state index in [1.54, 1.807) is 0 Å². The van der Waals surface area contributed by atoms with Crippen molar-refractivity contribution in [2.75, 3.05) is 0 Å². The summed E-state index contributed by atoms with van der Waals surface area (Å²) in [6, 6.07) is 16.6. The van der Waals surface area contributed by atoms with Crippen molar-refractivity contribution in [3.63, 3.8) is 0 Å². The van der Waals surface area contributed by atoms with E-state index in [9.17, 15) is 4.79 Å². The molecule has 188 valence electrons. The Morgan fingerprint density at radius 2 is 1.72 bits per heavy atom. The van der Waals surface area contributed by atoms with Crippen LogP contribution in [0.5, 0.6) is 5.88 Å². The van der Waals surface area contributed by atoms with E-state index in [2.05, 4.69) is 53.1 Å². The zero-order valence-electron chi connectivity index (χ0n) is 21.5. The average Bonchev–Trinajstić information content (AvgIpc) is 3.40. The predicted molar refractivity (Wildman–Crippen MR) is 142 cm³/mol. The highest BCUT2D eigenvalue weighted by Gasteiger charge is 2.16. The minimum absolute atomic E-state index is 0.401. The first-order chi connectivity index (χ1) is 17.4. The van der Waals surface area contributed by atoms with E-state index in [1.165, 1.54) is 11.1 Å². The van der Waals surface area contributed by atoms with Gasteiger partial charge in [-0.1, -0.05) is 42.5 Å². The van der Waals surface area contributed by atoms with Crippen molar-refractivity contribution in [1.82, 2.24) is 19.7 Å². The average molecular weight is 486 g/mol. The molecule has 2 aromatic heterocycles. The first kappa shape index (κ1) is 25.3. The molecule has 2 heterocycles. The Kier molecular flexibility index (Phi) is 7.90. The maximum absolute atomic E-state index is 12.6. The Morgan fingerprint density at radius 1 is 1.00 bits per heavy atom. The number of carbonyl (C=O) groups excluding carboxylic acids is 1. The molecule has 4 rings (SSSR count). The summed E-state index contributed by atoms with van der Waals surface area (Å²) < 4.78 is 9.73. The summed E-state index contributed by atoms with van der Waals surface area (Å²) in [5, 5.41) is 7.24. The number of hydrogen-bond donors (Lipinski definition) is 2. The van der Waals surface area contributed by atoms with Crippen LogP contribution in [0.4, 0.5) is 4.79 Å². The van der Waals surface area contributed by atoms with E-state index in [0.29, 0.717) is 25.5 Å². The number of rotatable bonds is 9. The van der Waals surface area contributed by atoms with Gasteiger partial charge in [0.15, 0.2) is 0 Å². The van der Waals surface area contributed by atoms with E-state index in [0.717, 1.165) is 46.5 Å². The monoisotopic (exact) mass is 485 g/mol. The van der Waals surface area contributed by atoms with Gasteiger partial charge in [-0.2, -0.15) is 5.10 Å². The van der Waals surface area contributed by atoms with Crippen molar-refractivity contribution in [2.24, 2.45) is 5.73 Å². The Hall–Kier alpha value is -3.84. The quantitative estimate of drug-likeness (QED) is 0.349. The normalized spacial score (nSPS) is 11.0. The van der Waals surface area contributed by atoms with Crippen LogP contribution in [0, 0.1) is 20.8 Å². The highest BCUT2D eigenvalue weighted by atomic mass is 16.6. The molecule has 0 unspecified atom stereocenters. The molecule has 1 amide bonds. The molecule has 0 atom stereocenters. The summed E-state index contributed by atoms with van der Waals surface area (Å²) >= 11 is 0. The van der Waals surface area contributed by atoms with Crippen LogP contribution in [0.25, 0.3) is 0 Å². The lowest BCUT2D eigenvalue weighted by atomic mass is 10.1. The third-order valence-corrected chi connectivity index (χ3v) is 6.47. The molecular formula is C29H35N5O2. The molecule has 2 aromatic carbocycles. The molecule has 0 saturated heterocycles. The van der Waals surface area contributed by atoms with Crippen LogP contribution in [0.2, 0.25) is 0 Å². The fourth-order valence-electron chi connectivity index (χ4n) is 4.44. The van der Waals surface area contributed by atoms with Gasteiger partial charge in [0.05, 0.1) is 12.7 Å². The van der Waals surface area contributed by atoms with Crippen molar-refractivity contribution in [3.8, 4) is 5.88 Å².